The largest absolute Gasteiger partial charge is 0.491 e. The van der Waals surface area contributed by atoms with Gasteiger partial charge in [-0.15, -0.1) is 0 Å². The molecule has 8 nitrogen and oxygen atoms in total. The smallest absolute Gasteiger partial charge is 0.326 e. The van der Waals surface area contributed by atoms with Gasteiger partial charge in [0.2, 0.25) is 5.91 Å². The Bertz CT molecular complexity index is 941. The maximum Gasteiger partial charge on any atom is 0.326 e. The Hall–Kier alpha value is -3.55. The number of benzene rings is 2. The molecular formula is C23H25N3O5. The molecule has 162 valence electrons. The highest BCUT2D eigenvalue weighted by Crippen LogP contribution is 2.30. The topological polar surface area (TPSA) is 79.4 Å². The monoisotopic (exact) mass is 423 g/mol. The van der Waals surface area contributed by atoms with Crippen molar-refractivity contribution in [3.8, 4) is 5.75 Å². The van der Waals surface area contributed by atoms with E-state index in [1.165, 1.54) is 4.90 Å². The number of carbonyl (C=O) groups excluding carboxylic acids is 3. The van der Waals surface area contributed by atoms with Crippen LogP contribution in [-0.2, 0) is 19.1 Å². The Labute approximate surface area is 180 Å². The van der Waals surface area contributed by atoms with Crippen LogP contribution in [0.5, 0.6) is 5.75 Å². The van der Waals surface area contributed by atoms with Crippen LogP contribution in [0, 0.1) is 0 Å². The molecule has 8 heteroatoms. The summed E-state index contributed by atoms with van der Waals surface area (Å²) in [4.78, 5) is 42.5. The summed E-state index contributed by atoms with van der Waals surface area (Å²) in [6.07, 6.45) is 0.173. The van der Waals surface area contributed by atoms with Gasteiger partial charge in [-0.25, -0.2) is 0 Å². The maximum absolute atomic E-state index is 12.5. The second kappa shape index (κ2) is 9.51. The fourth-order valence-corrected chi connectivity index (χ4v) is 3.75. The molecule has 0 saturated carbocycles. The highest BCUT2D eigenvalue weighted by atomic mass is 16.5. The fraction of sp³-hybridized carbons (Fsp3) is 0.348. The lowest BCUT2D eigenvalue weighted by molar-refractivity contribution is -0.151. The van der Waals surface area contributed by atoms with Gasteiger partial charge < -0.3 is 19.3 Å². The lowest BCUT2D eigenvalue weighted by atomic mass is 10.2. The van der Waals surface area contributed by atoms with Crippen molar-refractivity contribution in [2.75, 3.05) is 55.7 Å². The van der Waals surface area contributed by atoms with Crippen LogP contribution < -0.4 is 14.5 Å². The molecule has 0 aromatic heterocycles. The molecule has 2 aliphatic rings. The molecule has 2 aromatic rings. The van der Waals surface area contributed by atoms with E-state index in [4.69, 9.17) is 9.47 Å². The number of nitrogens with zero attached hydrogens (tertiary/aromatic N) is 3. The van der Waals surface area contributed by atoms with Crippen molar-refractivity contribution in [1.82, 2.24) is 4.90 Å². The number of anilines is 2. The predicted molar refractivity (Wildman–Crippen MR) is 115 cm³/mol. The van der Waals surface area contributed by atoms with E-state index in [1.54, 1.807) is 29.2 Å². The predicted octanol–water partition coefficient (Wildman–Crippen LogP) is 1.69. The lowest BCUT2D eigenvalue weighted by Gasteiger charge is -2.36. The summed E-state index contributed by atoms with van der Waals surface area (Å²) in [6, 6.07) is 17.1. The fourth-order valence-electron chi connectivity index (χ4n) is 3.75. The van der Waals surface area contributed by atoms with Crippen molar-refractivity contribution >= 4 is 29.2 Å². The maximum atomic E-state index is 12.5. The van der Waals surface area contributed by atoms with E-state index in [2.05, 4.69) is 4.90 Å². The molecule has 0 N–H and O–H groups in total. The third-order valence-corrected chi connectivity index (χ3v) is 5.43. The molecule has 2 heterocycles. The minimum absolute atomic E-state index is 0.173. The van der Waals surface area contributed by atoms with Gasteiger partial charge in [0.15, 0.2) is 6.61 Å². The van der Waals surface area contributed by atoms with Crippen molar-refractivity contribution in [2.45, 2.75) is 6.42 Å². The number of esters is 1. The van der Waals surface area contributed by atoms with Crippen molar-refractivity contribution in [1.29, 1.82) is 0 Å². The van der Waals surface area contributed by atoms with Crippen molar-refractivity contribution < 1.29 is 23.9 Å². The summed E-state index contributed by atoms with van der Waals surface area (Å²) < 4.78 is 10.8. The molecule has 0 unspecified atom stereocenters. The molecular weight excluding hydrogens is 398 g/mol. The molecule has 0 bridgehead atoms. The van der Waals surface area contributed by atoms with Gasteiger partial charge in [-0.1, -0.05) is 30.3 Å². The van der Waals surface area contributed by atoms with Crippen LogP contribution in [0.1, 0.15) is 6.42 Å². The van der Waals surface area contributed by atoms with Crippen LogP contribution in [0.4, 0.5) is 11.4 Å². The average molecular weight is 423 g/mol. The zero-order chi connectivity index (χ0) is 21.6. The zero-order valence-electron chi connectivity index (χ0n) is 17.2. The summed E-state index contributed by atoms with van der Waals surface area (Å²) in [6.45, 7) is 2.26. The van der Waals surface area contributed by atoms with Gasteiger partial charge in [0.1, 0.15) is 12.3 Å². The van der Waals surface area contributed by atoms with Crippen LogP contribution >= 0.6 is 0 Å². The van der Waals surface area contributed by atoms with Gasteiger partial charge in [0, 0.05) is 31.9 Å². The number of hydrogen-bond acceptors (Lipinski definition) is 6. The van der Waals surface area contributed by atoms with E-state index in [1.807, 2.05) is 30.3 Å². The molecule has 0 aliphatic carbocycles. The third-order valence-electron chi connectivity index (χ3n) is 5.43. The molecule has 0 radical (unpaired) electrons. The Kier molecular flexibility index (Phi) is 6.35. The van der Waals surface area contributed by atoms with E-state index >= 15 is 0 Å². The number of amides is 2. The number of para-hydroxylation sites is 3. The first-order valence-corrected chi connectivity index (χ1v) is 10.4. The molecule has 31 heavy (non-hydrogen) atoms. The standard InChI is InChI=1S/C23H25N3O5/c27-21-10-15-30-20-9-5-4-8-19(20)26(21)16-23(29)31-17-22(28)25-13-11-24(12-14-25)18-6-2-1-3-7-18/h1-9H,10-17H2. The number of ether oxygens (including phenoxy) is 2. The van der Waals surface area contributed by atoms with Gasteiger partial charge in [0.25, 0.3) is 5.91 Å². The molecule has 2 aliphatic heterocycles. The van der Waals surface area contributed by atoms with Gasteiger partial charge >= 0.3 is 5.97 Å². The number of carbonyl (C=O) groups is 3. The first kappa shape index (κ1) is 20.7. The average Bonchev–Trinajstić information content (AvgIpc) is 2.97. The summed E-state index contributed by atoms with van der Waals surface area (Å²) in [7, 11) is 0. The summed E-state index contributed by atoms with van der Waals surface area (Å²) in [5.74, 6) is -0.521. The summed E-state index contributed by atoms with van der Waals surface area (Å²) in [5.41, 5.74) is 1.66. The van der Waals surface area contributed by atoms with Gasteiger partial charge in [0.05, 0.1) is 18.7 Å². The second-order valence-electron chi connectivity index (χ2n) is 7.41. The highest BCUT2D eigenvalue weighted by molar-refractivity contribution is 5.99. The van der Waals surface area contributed by atoms with E-state index in [9.17, 15) is 14.4 Å². The summed E-state index contributed by atoms with van der Waals surface area (Å²) in [5, 5.41) is 0. The molecule has 2 aromatic carbocycles. The van der Waals surface area contributed by atoms with Crippen LogP contribution in [-0.4, -0.2) is 68.6 Å². The zero-order valence-corrected chi connectivity index (χ0v) is 17.2. The van der Waals surface area contributed by atoms with E-state index in [0.717, 1.165) is 18.8 Å². The molecule has 2 amide bonds. The number of rotatable bonds is 5. The van der Waals surface area contributed by atoms with E-state index < -0.39 is 5.97 Å². The van der Waals surface area contributed by atoms with Crippen LogP contribution in [0.15, 0.2) is 54.6 Å². The number of piperazine rings is 1. The summed E-state index contributed by atoms with van der Waals surface area (Å²) >= 11 is 0. The van der Waals surface area contributed by atoms with Crippen LogP contribution in [0.2, 0.25) is 0 Å². The Balaban J connectivity index is 1.27. The van der Waals surface area contributed by atoms with E-state index in [-0.39, 0.29) is 38.0 Å². The van der Waals surface area contributed by atoms with Crippen molar-refractivity contribution in [3.63, 3.8) is 0 Å². The van der Waals surface area contributed by atoms with Crippen LogP contribution in [0.25, 0.3) is 0 Å². The lowest BCUT2D eigenvalue weighted by Crippen LogP contribution is -2.50. The Morgan fingerprint density at radius 2 is 1.65 bits per heavy atom. The minimum Gasteiger partial charge on any atom is -0.491 e. The molecule has 1 fully saturated rings. The van der Waals surface area contributed by atoms with Crippen molar-refractivity contribution in [3.05, 3.63) is 54.6 Å². The van der Waals surface area contributed by atoms with Crippen LogP contribution in [0.3, 0.4) is 0 Å². The van der Waals surface area contributed by atoms with E-state index in [0.29, 0.717) is 24.5 Å². The Morgan fingerprint density at radius 1 is 0.935 bits per heavy atom. The second-order valence-corrected chi connectivity index (χ2v) is 7.41. The molecule has 1 saturated heterocycles. The van der Waals surface area contributed by atoms with Crippen molar-refractivity contribution in [2.24, 2.45) is 0 Å². The highest BCUT2D eigenvalue weighted by Gasteiger charge is 2.27. The van der Waals surface area contributed by atoms with Gasteiger partial charge in [-0.3, -0.25) is 19.3 Å². The quantitative estimate of drug-likeness (QED) is 0.681. The van der Waals surface area contributed by atoms with Gasteiger partial charge in [-0.2, -0.15) is 0 Å². The Morgan fingerprint density at radius 3 is 2.42 bits per heavy atom. The normalized spacial score (nSPS) is 16.3. The van der Waals surface area contributed by atoms with Gasteiger partial charge in [-0.05, 0) is 24.3 Å². The SMILES string of the molecule is O=C(CN1C(=O)CCOc2ccccc21)OCC(=O)N1CCN(c2ccccc2)CC1. The number of hydrogen-bond donors (Lipinski definition) is 0. The number of fused-ring (bicyclic) bond motifs is 1. The molecule has 4 rings (SSSR count). The molecule has 0 spiro atoms. The molecule has 0 atom stereocenters. The minimum atomic E-state index is -0.624. The first-order chi connectivity index (χ1) is 15.1. The first-order valence-electron chi connectivity index (χ1n) is 10.4. The third kappa shape index (κ3) is 4.96.